The Morgan fingerprint density at radius 3 is 0.543 bits per heavy atom. The summed E-state index contributed by atoms with van der Waals surface area (Å²) in [5, 5.41) is 0. The lowest BCUT2D eigenvalue weighted by Gasteiger charge is -2.51. The predicted octanol–water partition coefficient (Wildman–Crippen LogP) is 33.9. The van der Waals surface area contributed by atoms with Crippen molar-refractivity contribution in [3.05, 3.63) is 0 Å². The maximum absolute atomic E-state index is 2.73. The van der Waals surface area contributed by atoms with Gasteiger partial charge in [-0.05, 0) is 302 Å². The van der Waals surface area contributed by atoms with Crippen LogP contribution in [0, 0.1) is 289 Å². The first-order valence-corrected chi connectivity index (χ1v) is 48.0. The summed E-state index contributed by atoms with van der Waals surface area (Å²) in [4.78, 5) is 0. The lowest BCUT2D eigenvalue weighted by molar-refractivity contribution is -0.0226. The van der Waals surface area contributed by atoms with Gasteiger partial charge in [0, 0.05) is 0 Å². The van der Waals surface area contributed by atoms with Gasteiger partial charge >= 0.3 is 0 Å². The number of hydrogen-bond acceptors (Lipinski definition) is 0. The highest BCUT2D eigenvalue weighted by Gasteiger charge is 2.48. The zero-order valence-corrected chi connectivity index (χ0v) is 82.5. The quantitative estimate of drug-likeness (QED) is 0.0569. The van der Waals surface area contributed by atoms with Gasteiger partial charge < -0.3 is 0 Å². The monoisotopic (exact) mass is 1470 g/mol. The molecule has 0 bridgehead atoms. The SMILES string of the molecule is CCCC(C(C)C(C)C(C)C(C)C(C)CC)C(C(C)C(C)C(C)C(C)C(C)C(C)C(C)C(C)C(C)C(C)C(C)C(C)C(C)C(C)C(C)C(C)C(C)C(C)C(C)C(C)C(C)C(C)C(C)C(C)C(C)C(C)C(C)C(C)C(C)C(C)C(C)C(C)C(C)C(C)C(C)C(C)C(C)C(C)C(C)C1CC1C)C(C)(C)CCC. The van der Waals surface area contributed by atoms with Gasteiger partial charge in [-0.2, -0.15) is 0 Å². The number of hydrogen-bond donors (Lipinski definition) is 0. The summed E-state index contributed by atoms with van der Waals surface area (Å²) in [5.74, 6) is 34.7. The summed E-state index contributed by atoms with van der Waals surface area (Å²) in [6.07, 6.45) is 8.02. The fourth-order valence-corrected chi connectivity index (χ4v) is 25.3. The van der Waals surface area contributed by atoms with Crippen LogP contribution in [0.25, 0.3) is 0 Å². The molecular formula is C105H210. The second-order valence-electron chi connectivity index (χ2n) is 44.9. The van der Waals surface area contributed by atoms with E-state index in [-0.39, 0.29) is 0 Å². The van der Waals surface area contributed by atoms with Crippen molar-refractivity contribution in [2.75, 3.05) is 0 Å². The van der Waals surface area contributed by atoms with Crippen LogP contribution in [-0.4, -0.2) is 0 Å². The summed E-state index contributed by atoms with van der Waals surface area (Å²) in [6, 6.07) is 0. The molecule has 0 amide bonds. The van der Waals surface area contributed by atoms with E-state index in [1.807, 2.05) is 0 Å². The summed E-state index contributed by atoms with van der Waals surface area (Å²) < 4.78 is 0. The molecule has 105 heavy (non-hydrogen) atoms. The van der Waals surface area contributed by atoms with Gasteiger partial charge in [0.15, 0.2) is 0 Å². The average Bonchev–Trinajstić information content (AvgIpc) is 1.76. The number of rotatable bonds is 52. The highest BCUT2D eigenvalue weighted by Crippen LogP contribution is 2.55. The standard InChI is InChI=1S/C105H210/c1-51-54-102(99(46)96(43)60(7)59(6)57(4)53-3)104(105(49,50)55-52-2)101(48)98(45)95(42)93(40)91(38)89(36)87(34)85(32)83(30)81(28)79(26)77(24)75(22)73(20)71(18)69(16)67(14)65(12)63(10)61(8)62(9)64(11)66(13)68(15)70(17)72(19)74(21)76(23)78(25)80(27)82(29)84(31)86(33)88(35)90(37)92(39)94(41)97(44)100(47)103-56-58(103)5/h57-104H,51-56H2,1-50H3. The molecule has 0 aromatic carbocycles. The van der Waals surface area contributed by atoms with Crippen LogP contribution in [0.4, 0.5) is 0 Å². The van der Waals surface area contributed by atoms with Crippen LogP contribution in [0.5, 0.6) is 0 Å². The van der Waals surface area contributed by atoms with Crippen molar-refractivity contribution in [3.63, 3.8) is 0 Å². The Morgan fingerprint density at radius 1 is 0.219 bits per heavy atom. The molecule has 0 aromatic rings. The molecule has 0 heterocycles. The normalized spacial score (nSPS) is 28.4. The summed E-state index contributed by atoms with van der Waals surface area (Å²) in [7, 11) is 0. The van der Waals surface area contributed by atoms with Crippen molar-refractivity contribution in [2.24, 2.45) is 289 Å². The molecule has 1 aliphatic rings. The van der Waals surface area contributed by atoms with Gasteiger partial charge in [0.05, 0.1) is 0 Å². The summed E-state index contributed by atoms with van der Waals surface area (Å²) in [6.45, 7) is 131. The van der Waals surface area contributed by atoms with Crippen LogP contribution < -0.4 is 0 Å². The lowest BCUT2D eigenvalue weighted by Crippen LogP contribution is -2.44. The van der Waals surface area contributed by atoms with Crippen molar-refractivity contribution in [1.82, 2.24) is 0 Å². The van der Waals surface area contributed by atoms with Crippen LogP contribution in [0.1, 0.15) is 385 Å². The summed E-state index contributed by atoms with van der Waals surface area (Å²) in [5.41, 5.74) is 0.323. The molecule has 0 aliphatic heterocycles. The van der Waals surface area contributed by atoms with Crippen molar-refractivity contribution in [1.29, 1.82) is 0 Å². The molecule has 0 saturated heterocycles. The van der Waals surface area contributed by atoms with E-state index < -0.39 is 0 Å². The molecule has 1 fully saturated rings. The third kappa shape index (κ3) is 25.7. The van der Waals surface area contributed by atoms with Gasteiger partial charge in [-0.15, -0.1) is 0 Å². The molecule has 0 aromatic heterocycles. The Hall–Kier alpha value is 0. The maximum Gasteiger partial charge on any atom is -0.0303 e. The third-order valence-corrected chi connectivity index (χ3v) is 41.5. The molecule has 1 saturated carbocycles. The van der Waals surface area contributed by atoms with Gasteiger partial charge in [0.1, 0.15) is 0 Å². The maximum atomic E-state index is 2.73. The first-order valence-electron chi connectivity index (χ1n) is 48.0. The smallest absolute Gasteiger partial charge is 0.0303 e. The molecule has 0 heteroatoms. The molecule has 1 aliphatic carbocycles. The molecule has 630 valence electrons. The average molecular weight is 1470 g/mol. The van der Waals surface area contributed by atoms with E-state index in [2.05, 4.69) is 346 Å². The second kappa shape index (κ2) is 45.3. The van der Waals surface area contributed by atoms with E-state index in [0.717, 1.165) is 101 Å². The van der Waals surface area contributed by atoms with Crippen molar-refractivity contribution in [3.8, 4) is 0 Å². The zero-order valence-electron chi connectivity index (χ0n) is 82.5. The van der Waals surface area contributed by atoms with E-state index in [0.29, 0.717) is 189 Å². The van der Waals surface area contributed by atoms with Gasteiger partial charge in [-0.25, -0.2) is 0 Å². The van der Waals surface area contributed by atoms with Crippen LogP contribution >= 0.6 is 0 Å². The van der Waals surface area contributed by atoms with Crippen molar-refractivity contribution in [2.45, 2.75) is 385 Å². The topological polar surface area (TPSA) is 0 Å². The van der Waals surface area contributed by atoms with Crippen LogP contribution in [0.3, 0.4) is 0 Å². The Bertz CT molecular complexity index is 2270. The molecule has 0 radical (unpaired) electrons. The van der Waals surface area contributed by atoms with Crippen LogP contribution in [-0.2, 0) is 0 Å². The molecular weight excluding hydrogens is 1260 g/mol. The zero-order chi connectivity index (χ0) is 82.5. The molecule has 0 nitrogen and oxygen atoms in total. The van der Waals surface area contributed by atoms with E-state index in [9.17, 15) is 0 Å². The van der Waals surface area contributed by atoms with E-state index in [4.69, 9.17) is 0 Å². The predicted molar refractivity (Wildman–Crippen MR) is 481 cm³/mol. The fraction of sp³-hybridized carbons (Fsp3) is 1.00. The van der Waals surface area contributed by atoms with Gasteiger partial charge in [0.2, 0.25) is 0 Å². The largest absolute Gasteiger partial charge is 0.0654 e. The van der Waals surface area contributed by atoms with E-state index in [1.165, 1.54) is 38.5 Å². The lowest BCUT2D eigenvalue weighted by atomic mass is 9.54. The molecule has 0 spiro atoms. The van der Waals surface area contributed by atoms with Crippen LogP contribution in [0.15, 0.2) is 0 Å². The summed E-state index contributed by atoms with van der Waals surface area (Å²) >= 11 is 0. The van der Waals surface area contributed by atoms with Crippen molar-refractivity contribution >= 4 is 0 Å². The molecule has 0 N–H and O–H groups in total. The van der Waals surface area contributed by atoms with E-state index >= 15 is 0 Å². The highest BCUT2D eigenvalue weighted by atomic mass is 14.5. The van der Waals surface area contributed by atoms with Crippen molar-refractivity contribution < 1.29 is 0 Å². The van der Waals surface area contributed by atoms with Crippen LogP contribution in [0.2, 0.25) is 0 Å². The first kappa shape index (κ1) is 103. The molecule has 48 unspecified atom stereocenters. The first-order chi connectivity index (χ1) is 48.0. The second-order valence-corrected chi connectivity index (χ2v) is 44.9. The highest BCUT2D eigenvalue weighted by molar-refractivity contribution is 4.97. The minimum absolute atomic E-state index is 0.323. The Kier molecular flexibility index (Phi) is 44.5. The molecule has 48 atom stereocenters. The minimum atomic E-state index is 0.323. The molecule has 1 rings (SSSR count). The third-order valence-electron chi connectivity index (χ3n) is 41.5. The Labute approximate surface area is 670 Å². The van der Waals surface area contributed by atoms with Gasteiger partial charge in [-0.1, -0.05) is 372 Å². The minimum Gasteiger partial charge on any atom is -0.0654 e. The fourth-order valence-electron chi connectivity index (χ4n) is 25.3. The Balaban J connectivity index is 3.12. The Morgan fingerprint density at radius 2 is 0.381 bits per heavy atom. The van der Waals surface area contributed by atoms with Gasteiger partial charge in [-0.3, -0.25) is 0 Å². The van der Waals surface area contributed by atoms with Gasteiger partial charge in [0.25, 0.3) is 0 Å². The van der Waals surface area contributed by atoms with E-state index in [1.54, 1.807) is 0 Å².